The number of benzene rings is 2. The van der Waals surface area contributed by atoms with Crippen molar-refractivity contribution in [3.8, 4) is 0 Å². The Morgan fingerprint density at radius 3 is 1.69 bits per heavy atom. The van der Waals surface area contributed by atoms with Gasteiger partial charge in [0.25, 0.3) is 5.17 Å². The van der Waals surface area contributed by atoms with E-state index in [-0.39, 0.29) is 47.0 Å². The molecule has 0 aromatic heterocycles. The SMILES string of the molecule is CC(=O)NC[C@H]1CN(c2ccc(N3C=NNCC3)c(F)c2)C(=O)O1.CO.COC(=S)N1CCN(c2ccc(N3C[C@H](CNC(C)=O)OC3=O)cc2F)C=N1.S=C(Cl)Cl. The standard InChI is InChI=1S/C17H20FN5O4S.C15H18FN5O3.CCl2S.CH4O/c1-11(24)19-8-13-9-22(16(25)27-13)12-3-4-15(14(18)7-12)21-5-6-23(20-10-21)17(28)26-2;1-10(22)17-7-12-8-21(15(23)24-12)11-2-3-14(13(16)6-11)20-5-4-18-19-9-20;2-1(3)4;1-2/h3-4,7,10,13H,5-6,8-9H2,1-2H3,(H,19,24);2-3,6,9,12,18H,4-5,7-8H2,1H3,(H,17,22);;2H,1H3/t13-;12-;;/m00../s1. The maximum absolute atomic E-state index is 14.7. The van der Waals surface area contributed by atoms with E-state index < -0.39 is 36.0 Å². The molecule has 4 amide bonds. The zero-order valence-electron chi connectivity index (χ0n) is 31.7. The first-order chi connectivity index (χ1) is 27.7. The summed E-state index contributed by atoms with van der Waals surface area (Å²) in [4.78, 5) is 52.0. The highest BCUT2D eigenvalue weighted by Crippen LogP contribution is 2.29. The van der Waals surface area contributed by atoms with Crippen LogP contribution in [0.25, 0.3) is 0 Å². The fourth-order valence-corrected chi connectivity index (χ4v) is 5.58. The van der Waals surface area contributed by atoms with E-state index in [2.05, 4.69) is 38.5 Å². The van der Waals surface area contributed by atoms with E-state index >= 15 is 0 Å². The van der Waals surface area contributed by atoms with Crippen LogP contribution in [0.5, 0.6) is 0 Å². The third-order valence-electron chi connectivity index (χ3n) is 8.03. The Hall–Kier alpha value is -5.16. The van der Waals surface area contributed by atoms with Gasteiger partial charge in [0.05, 0.1) is 69.1 Å². The third kappa shape index (κ3) is 14.0. The minimum Gasteiger partial charge on any atom is -0.473 e. The average Bonchev–Trinajstić information content (AvgIpc) is 3.78. The smallest absolute Gasteiger partial charge is 0.414 e. The van der Waals surface area contributed by atoms with Crippen molar-refractivity contribution in [2.45, 2.75) is 26.1 Å². The molecule has 316 valence electrons. The van der Waals surface area contributed by atoms with Crippen molar-refractivity contribution < 1.29 is 47.3 Å². The third-order valence-corrected chi connectivity index (χ3v) is 8.41. The summed E-state index contributed by atoms with van der Waals surface area (Å²) in [5.41, 5.74) is 4.32. The lowest BCUT2D eigenvalue weighted by atomic mass is 10.2. The second kappa shape index (κ2) is 23.3. The van der Waals surface area contributed by atoms with Crippen LogP contribution in [0, 0.1) is 11.6 Å². The van der Waals surface area contributed by atoms with Crippen molar-refractivity contribution in [1.29, 1.82) is 0 Å². The summed E-state index contributed by atoms with van der Waals surface area (Å²) in [6, 6.07) is 9.06. The molecule has 58 heavy (non-hydrogen) atoms. The molecule has 2 saturated heterocycles. The van der Waals surface area contributed by atoms with Crippen LogP contribution in [-0.2, 0) is 23.8 Å². The van der Waals surface area contributed by atoms with Gasteiger partial charge in [-0.15, -0.1) is 0 Å². The molecule has 18 nitrogen and oxygen atoms in total. The summed E-state index contributed by atoms with van der Waals surface area (Å²) in [6.45, 7) is 5.85. The number of hydrogen-bond acceptors (Lipinski definition) is 15. The molecule has 0 bridgehead atoms. The molecule has 4 N–H and O–H groups in total. The molecular weight excluding hydrogens is 849 g/mol. The van der Waals surface area contributed by atoms with E-state index in [0.29, 0.717) is 48.9 Å². The Morgan fingerprint density at radius 2 is 1.33 bits per heavy atom. The van der Waals surface area contributed by atoms with E-state index in [1.165, 1.54) is 60.6 Å². The molecule has 0 unspecified atom stereocenters. The average molecular weight is 892 g/mol. The van der Waals surface area contributed by atoms with Crippen LogP contribution in [0.1, 0.15) is 13.8 Å². The number of cyclic esters (lactones) is 2. The van der Waals surface area contributed by atoms with E-state index in [1.54, 1.807) is 34.1 Å². The Balaban J connectivity index is 0.000000276. The number of carbonyl (C=O) groups excluding carboxylic acids is 4. The first-order valence-electron chi connectivity index (χ1n) is 17.2. The van der Waals surface area contributed by atoms with E-state index in [1.807, 2.05) is 0 Å². The summed E-state index contributed by atoms with van der Waals surface area (Å²) in [6.07, 6.45) is 0.927. The summed E-state index contributed by atoms with van der Waals surface area (Å²) < 4.78 is 44.4. The highest BCUT2D eigenvalue weighted by molar-refractivity contribution is 7.86. The molecule has 6 rings (SSSR count). The number of nitrogens with zero attached hydrogens (tertiary/aromatic N) is 7. The van der Waals surface area contributed by atoms with E-state index in [9.17, 15) is 28.0 Å². The number of ether oxygens (including phenoxy) is 3. The van der Waals surface area contributed by atoms with Gasteiger partial charge in [-0.05, 0) is 48.6 Å². The minimum atomic E-state index is -0.578. The number of hydrogen-bond donors (Lipinski definition) is 4. The van der Waals surface area contributed by atoms with Crippen LogP contribution in [0.3, 0.4) is 0 Å². The molecule has 0 radical (unpaired) electrons. The highest BCUT2D eigenvalue weighted by Gasteiger charge is 2.34. The van der Waals surface area contributed by atoms with Gasteiger partial charge in [0.2, 0.25) is 11.8 Å². The summed E-state index contributed by atoms with van der Waals surface area (Å²) in [7, 11) is 2.46. The first-order valence-corrected chi connectivity index (χ1v) is 18.8. The van der Waals surface area contributed by atoms with Crippen LogP contribution in [-0.4, -0.2) is 135 Å². The zero-order chi connectivity index (χ0) is 42.9. The number of nitrogens with one attached hydrogen (secondary N) is 3. The van der Waals surface area contributed by atoms with Crippen LogP contribution >= 0.6 is 47.6 Å². The minimum absolute atomic E-state index is 0.0556. The number of aliphatic hydroxyl groups is 1. The Morgan fingerprint density at radius 1 is 0.862 bits per heavy atom. The van der Waals surface area contributed by atoms with Gasteiger partial charge < -0.3 is 45.2 Å². The number of rotatable bonds is 8. The zero-order valence-corrected chi connectivity index (χ0v) is 34.8. The second-order valence-electron chi connectivity index (χ2n) is 12.0. The largest absolute Gasteiger partial charge is 0.473 e. The number of amides is 4. The number of hydrazone groups is 2. The molecule has 24 heteroatoms. The predicted octanol–water partition coefficient (Wildman–Crippen LogP) is 3.28. The normalized spacial score (nSPS) is 17.9. The van der Waals surface area contributed by atoms with Gasteiger partial charge in [0.1, 0.15) is 36.5 Å². The molecule has 0 spiro atoms. The quantitative estimate of drug-likeness (QED) is 0.223. The van der Waals surface area contributed by atoms with Gasteiger partial charge in [-0.25, -0.2) is 23.4 Å². The van der Waals surface area contributed by atoms with E-state index in [0.717, 1.165) is 7.11 Å². The van der Waals surface area contributed by atoms with Gasteiger partial charge in [-0.2, -0.15) is 10.2 Å². The lowest BCUT2D eigenvalue weighted by molar-refractivity contribution is -0.120. The second-order valence-corrected chi connectivity index (χ2v) is 14.1. The lowest BCUT2D eigenvalue weighted by Crippen LogP contribution is -2.40. The highest BCUT2D eigenvalue weighted by atomic mass is 35.5. The monoisotopic (exact) mass is 890 g/mol. The van der Waals surface area contributed by atoms with Crippen molar-refractivity contribution in [2.75, 3.05) is 86.2 Å². The van der Waals surface area contributed by atoms with Crippen LogP contribution in [0.2, 0.25) is 0 Å². The molecule has 4 heterocycles. The van der Waals surface area contributed by atoms with Crippen molar-refractivity contribution >= 4 is 116 Å². The number of aliphatic hydroxyl groups excluding tert-OH is 1. The van der Waals surface area contributed by atoms with Crippen molar-refractivity contribution in [1.82, 2.24) is 21.1 Å². The van der Waals surface area contributed by atoms with Crippen molar-refractivity contribution in [3.63, 3.8) is 0 Å². The van der Waals surface area contributed by atoms with Gasteiger partial charge in [0, 0.05) is 34.0 Å². The molecular formula is C34H42Cl2F2N10O8S2. The molecule has 2 aromatic rings. The number of carbonyl (C=O) groups is 4. The molecule has 2 atom stereocenters. The maximum atomic E-state index is 14.7. The number of halogens is 4. The fourth-order valence-electron chi connectivity index (χ4n) is 5.44. The number of methoxy groups -OCH3 is 1. The van der Waals surface area contributed by atoms with Crippen LogP contribution in [0.15, 0.2) is 46.6 Å². The molecule has 0 saturated carbocycles. The Bertz CT molecular complexity index is 1870. The van der Waals surface area contributed by atoms with Crippen molar-refractivity contribution in [3.05, 3.63) is 48.0 Å². The summed E-state index contributed by atoms with van der Waals surface area (Å²) in [5, 5.41) is 22.0. The summed E-state index contributed by atoms with van der Waals surface area (Å²) in [5.74, 6) is -1.35. The summed E-state index contributed by atoms with van der Waals surface area (Å²) >= 11 is 18.6. The fraction of sp³-hybridized carbons (Fsp3) is 0.412. The van der Waals surface area contributed by atoms with Gasteiger partial charge in [0.15, 0.2) is 3.78 Å². The molecule has 4 aliphatic rings. The number of anilines is 4. The lowest BCUT2D eigenvalue weighted by Gasteiger charge is -2.29. The molecule has 4 aliphatic heterocycles. The van der Waals surface area contributed by atoms with Crippen molar-refractivity contribution in [2.24, 2.45) is 10.2 Å². The molecule has 0 aliphatic carbocycles. The Kier molecular flexibility index (Phi) is 19.0. The predicted molar refractivity (Wildman–Crippen MR) is 224 cm³/mol. The maximum Gasteiger partial charge on any atom is 0.414 e. The number of thiocarbonyl (C=S) groups is 2. The van der Waals surface area contributed by atoms with Gasteiger partial charge >= 0.3 is 12.2 Å². The molecule has 2 fully saturated rings. The van der Waals surface area contributed by atoms with Gasteiger partial charge in [-0.1, -0.05) is 35.4 Å². The van der Waals surface area contributed by atoms with Crippen LogP contribution < -0.4 is 35.7 Å². The van der Waals surface area contributed by atoms with Crippen LogP contribution in [0.4, 0.5) is 41.1 Å². The van der Waals surface area contributed by atoms with E-state index in [4.69, 9.17) is 54.7 Å². The Labute approximate surface area is 353 Å². The van der Waals surface area contributed by atoms with Gasteiger partial charge in [-0.3, -0.25) is 19.4 Å². The molecule has 2 aromatic carbocycles. The first kappa shape index (κ1) is 47.2. The topological polar surface area (TPSA) is 193 Å².